The van der Waals surface area contributed by atoms with Gasteiger partial charge in [-0.05, 0) is 39.7 Å². The number of rotatable bonds is 4. The number of aromatic nitrogens is 4. The van der Waals surface area contributed by atoms with E-state index in [9.17, 15) is 4.79 Å². The lowest BCUT2D eigenvalue weighted by molar-refractivity contribution is -0.126. The molecule has 11 heteroatoms. The number of hydrogen-bond donors (Lipinski definition) is 2. The van der Waals surface area contributed by atoms with Gasteiger partial charge < -0.3 is 16.2 Å². The fraction of sp³-hybridized carbons (Fsp3) is 0.478. The van der Waals surface area contributed by atoms with Gasteiger partial charge in [-0.2, -0.15) is 5.10 Å². The van der Waals surface area contributed by atoms with E-state index in [4.69, 9.17) is 27.8 Å². The van der Waals surface area contributed by atoms with E-state index in [-0.39, 0.29) is 35.0 Å². The van der Waals surface area contributed by atoms with Gasteiger partial charge in [-0.3, -0.25) is 9.69 Å². The molecule has 1 aliphatic carbocycles. The van der Waals surface area contributed by atoms with Crippen molar-refractivity contribution in [1.82, 2.24) is 24.6 Å². The number of nitrogen functional groups attached to an aromatic ring is 1. The highest BCUT2D eigenvalue weighted by molar-refractivity contribution is 6.31. The van der Waals surface area contributed by atoms with Gasteiger partial charge in [-0.25, -0.2) is 19.0 Å². The molecule has 180 valence electrons. The lowest BCUT2D eigenvalue weighted by atomic mass is 9.78. The molecular formula is C23H27ClFN7O2. The molecule has 0 spiro atoms. The number of nitrogens with two attached hydrogens (primary N) is 2. The van der Waals surface area contributed by atoms with Gasteiger partial charge >= 0.3 is 0 Å². The van der Waals surface area contributed by atoms with E-state index in [1.165, 1.54) is 6.33 Å². The highest BCUT2D eigenvalue weighted by Gasteiger charge is 2.40. The Bertz CT molecular complexity index is 1290. The lowest BCUT2D eigenvalue weighted by Gasteiger charge is -2.41. The molecule has 2 atom stereocenters. The topological polar surface area (TPSA) is 125 Å². The smallest absolute Gasteiger partial charge is 0.220 e. The second-order valence-corrected chi connectivity index (χ2v) is 9.72. The fourth-order valence-corrected chi connectivity index (χ4v) is 5.31. The number of benzene rings is 1. The van der Waals surface area contributed by atoms with Gasteiger partial charge in [0.05, 0.1) is 22.1 Å². The predicted molar refractivity (Wildman–Crippen MR) is 126 cm³/mol. The molecule has 1 aromatic carbocycles. The first kappa shape index (κ1) is 22.8. The number of amides is 1. The van der Waals surface area contributed by atoms with Crippen LogP contribution < -0.4 is 16.2 Å². The standard InChI is InChI=1S/C23H27ClFN7O2/c1-10-7-31(14-4-13(5-14)22(27)33)8-16-19(25)17(24)6-15(20(16)34-10)12(3)32-23-18(11(2)30-32)21(26)28-9-29-23/h6,9-10,12-14H,4-5,7-8H2,1-3H3,(H2,27,33)(H2,26,28,29). The van der Waals surface area contributed by atoms with Crippen LogP contribution in [0.1, 0.15) is 49.6 Å². The van der Waals surface area contributed by atoms with Gasteiger partial charge in [0.1, 0.15) is 29.8 Å². The molecule has 0 bridgehead atoms. The monoisotopic (exact) mass is 487 g/mol. The molecule has 2 aliphatic rings. The summed E-state index contributed by atoms with van der Waals surface area (Å²) in [4.78, 5) is 22.1. The molecule has 34 heavy (non-hydrogen) atoms. The minimum atomic E-state index is -0.495. The van der Waals surface area contributed by atoms with Crippen LogP contribution in [0.15, 0.2) is 12.4 Å². The molecule has 9 nitrogen and oxygen atoms in total. The van der Waals surface area contributed by atoms with Crippen molar-refractivity contribution in [2.45, 2.75) is 58.3 Å². The molecule has 1 fully saturated rings. The number of ether oxygens (including phenoxy) is 1. The molecule has 1 amide bonds. The number of anilines is 1. The zero-order valence-electron chi connectivity index (χ0n) is 19.3. The summed E-state index contributed by atoms with van der Waals surface area (Å²) >= 11 is 6.37. The molecule has 2 aromatic heterocycles. The Morgan fingerprint density at radius 1 is 1.35 bits per heavy atom. The summed E-state index contributed by atoms with van der Waals surface area (Å²) in [5.41, 5.74) is 13.9. The van der Waals surface area contributed by atoms with E-state index in [1.54, 1.807) is 10.7 Å². The Morgan fingerprint density at radius 3 is 2.79 bits per heavy atom. The van der Waals surface area contributed by atoms with Crippen molar-refractivity contribution in [2.75, 3.05) is 12.3 Å². The normalized spacial score (nSPS) is 23.6. The molecule has 0 radical (unpaired) electrons. The second kappa shape index (κ2) is 8.35. The molecule has 4 N–H and O–H groups in total. The Morgan fingerprint density at radius 2 is 2.09 bits per heavy atom. The molecular weight excluding hydrogens is 461 g/mol. The van der Waals surface area contributed by atoms with E-state index in [2.05, 4.69) is 20.0 Å². The molecule has 5 rings (SSSR count). The largest absolute Gasteiger partial charge is 0.489 e. The predicted octanol–water partition coefficient (Wildman–Crippen LogP) is 2.97. The molecule has 3 aromatic rings. The summed E-state index contributed by atoms with van der Waals surface area (Å²) in [6.45, 7) is 6.67. The van der Waals surface area contributed by atoms with Gasteiger partial charge in [-0.15, -0.1) is 0 Å². The Labute approximate surface area is 201 Å². The van der Waals surface area contributed by atoms with E-state index >= 15 is 4.39 Å². The van der Waals surface area contributed by atoms with Gasteiger partial charge in [0.15, 0.2) is 5.65 Å². The molecule has 3 heterocycles. The number of primary amides is 1. The average Bonchev–Trinajstić information content (AvgIpc) is 2.98. The van der Waals surface area contributed by atoms with Crippen molar-refractivity contribution in [3.05, 3.63) is 40.1 Å². The summed E-state index contributed by atoms with van der Waals surface area (Å²) in [7, 11) is 0. The summed E-state index contributed by atoms with van der Waals surface area (Å²) < 4.78 is 23.4. The van der Waals surface area contributed by atoms with Gasteiger partial charge in [0.2, 0.25) is 5.91 Å². The van der Waals surface area contributed by atoms with E-state index < -0.39 is 5.82 Å². The van der Waals surface area contributed by atoms with Crippen LogP contribution in [0.25, 0.3) is 11.0 Å². The van der Waals surface area contributed by atoms with Gasteiger partial charge in [0.25, 0.3) is 0 Å². The van der Waals surface area contributed by atoms with Crippen molar-refractivity contribution >= 4 is 34.4 Å². The first-order valence-corrected chi connectivity index (χ1v) is 11.7. The molecule has 1 saturated carbocycles. The lowest BCUT2D eigenvalue weighted by Crippen LogP contribution is -2.49. The van der Waals surface area contributed by atoms with Crippen molar-refractivity contribution in [1.29, 1.82) is 0 Å². The number of carbonyl (C=O) groups is 1. The maximum absolute atomic E-state index is 15.3. The number of carbonyl (C=O) groups excluding carboxylic acids is 1. The SMILES string of the molecule is Cc1nn(C(C)c2cc(Cl)c(F)c3c2OC(C)CN(C2CC(C(N)=O)C2)C3)c2ncnc(N)c12. The maximum Gasteiger partial charge on any atom is 0.220 e. The van der Waals surface area contributed by atoms with Gasteiger partial charge in [0, 0.05) is 36.2 Å². The van der Waals surface area contributed by atoms with Crippen LogP contribution in [0, 0.1) is 18.7 Å². The Hall–Kier alpha value is -2.98. The number of aryl methyl sites for hydroxylation is 1. The zero-order chi connectivity index (χ0) is 24.3. The van der Waals surface area contributed by atoms with Crippen LogP contribution in [0.4, 0.5) is 10.2 Å². The third kappa shape index (κ3) is 3.65. The van der Waals surface area contributed by atoms with Crippen molar-refractivity contribution in [2.24, 2.45) is 11.7 Å². The number of halogens is 2. The quantitative estimate of drug-likeness (QED) is 0.579. The first-order chi connectivity index (χ1) is 16.2. The van der Waals surface area contributed by atoms with E-state index in [0.29, 0.717) is 65.4 Å². The van der Waals surface area contributed by atoms with Crippen LogP contribution >= 0.6 is 11.6 Å². The summed E-state index contributed by atoms with van der Waals surface area (Å²) in [5, 5.41) is 5.35. The van der Waals surface area contributed by atoms with E-state index in [1.807, 2.05) is 20.8 Å². The molecule has 0 saturated heterocycles. The minimum absolute atomic E-state index is 0.0182. The Balaban J connectivity index is 1.56. The minimum Gasteiger partial charge on any atom is -0.489 e. The van der Waals surface area contributed by atoms with Crippen molar-refractivity contribution in [3.63, 3.8) is 0 Å². The second-order valence-electron chi connectivity index (χ2n) is 9.32. The Kier molecular flexibility index (Phi) is 5.60. The number of nitrogens with zero attached hydrogens (tertiary/aromatic N) is 5. The van der Waals surface area contributed by atoms with Crippen molar-refractivity contribution in [3.8, 4) is 5.75 Å². The third-order valence-corrected chi connectivity index (χ3v) is 7.28. The highest BCUT2D eigenvalue weighted by atomic mass is 35.5. The summed E-state index contributed by atoms with van der Waals surface area (Å²) in [6, 6.07) is 1.38. The average molecular weight is 488 g/mol. The fourth-order valence-electron chi connectivity index (χ4n) is 5.08. The van der Waals surface area contributed by atoms with Crippen LogP contribution in [0.5, 0.6) is 5.75 Å². The van der Waals surface area contributed by atoms with Crippen LogP contribution in [0.2, 0.25) is 5.02 Å². The van der Waals surface area contributed by atoms with E-state index in [0.717, 1.165) is 0 Å². The summed E-state index contributed by atoms with van der Waals surface area (Å²) in [5.74, 6) is -0.0851. The van der Waals surface area contributed by atoms with Gasteiger partial charge in [-0.1, -0.05) is 11.6 Å². The molecule has 1 aliphatic heterocycles. The number of hydrogen-bond acceptors (Lipinski definition) is 7. The zero-order valence-corrected chi connectivity index (χ0v) is 20.0. The highest BCUT2D eigenvalue weighted by Crippen LogP contribution is 2.42. The first-order valence-electron chi connectivity index (χ1n) is 11.3. The molecule has 2 unspecified atom stereocenters. The summed E-state index contributed by atoms with van der Waals surface area (Å²) in [6.07, 6.45) is 2.54. The third-order valence-electron chi connectivity index (χ3n) is 7.01. The van der Waals surface area contributed by atoms with Crippen LogP contribution in [-0.4, -0.2) is 49.2 Å². The number of fused-ring (bicyclic) bond motifs is 2. The van der Waals surface area contributed by atoms with Crippen LogP contribution in [-0.2, 0) is 11.3 Å². The van der Waals surface area contributed by atoms with Crippen molar-refractivity contribution < 1.29 is 13.9 Å². The van der Waals surface area contributed by atoms with Crippen LogP contribution in [0.3, 0.4) is 0 Å². The maximum atomic E-state index is 15.3.